The van der Waals surface area contributed by atoms with E-state index in [1.54, 1.807) is 29.2 Å². The first-order valence-electron chi connectivity index (χ1n) is 4.59. The van der Waals surface area contributed by atoms with Gasteiger partial charge in [-0.15, -0.1) is 22.7 Å². The number of thiophene rings is 1. The molecule has 0 fully saturated rings. The first-order chi connectivity index (χ1) is 7.68. The number of hydrogen-bond acceptors (Lipinski definition) is 5. The van der Waals surface area contributed by atoms with Crippen LogP contribution >= 0.6 is 22.7 Å². The van der Waals surface area contributed by atoms with Gasteiger partial charge in [0.25, 0.3) is 0 Å². The minimum Gasteiger partial charge on any atom is -0.253 e. The highest BCUT2D eigenvalue weighted by molar-refractivity contribution is 7.91. The van der Waals surface area contributed by atoms with E-state index < -0.39 is 10.0 Å². The maximum atomic E-state index is 11.7. The summed E-state index contributed by atoms with van der Waals surface area (Å²) in [7, 11) is -3.32. The van der Waals surface area contributed by atoms with Crippen molar-refractivity contribution in [2.24, 2.45) is 0 Å². The molecule has 0 unspecified atom stereocenters. The molecule has 0 saturated heterocycles. The molecular weight excluding hydrogens is 264 g/mol. The lowest BCUT2D eigenvalue weighted by Crippen LogP contribution is -2.25. The lowest BCUT2D eigenvalue weighted by molar-refractivity contribution is 0.584. The van der Waals surface area contributed by atoms with Crippen molar-refractivity contribution < 1.29 is 8.42 Å². The normalized spacial score (nSPS) is 11.8. The molecule has 0 saturated carbocycles. The summed E-state index contributed by atoms with van der Waals surface area (Å²) < 4.78 is 26.3. The minimum absolute atomic E-state index is 0.358. The van der Waals surface area contributed by atoms with Crippen LogP contribution in [0.1, 0.15) is 4.88 Å². The molecule has 0 bridgehead atoms. The van der Waals surface area contributed by atoms with Crippen LogP contribution in [-0.2, 0) is 16.4 Å². The Labute approximate surface area is 102 Å². The zero-order chi connectivity index (χ0) is 11.4. The van der Waals surface area contributed by atoms with E-state index >= 15 is 0 Å². The summed E-state index contributed by atoms with van der Waals surface area (Å²) in [5.41, 5.74) is 1.74. The average molecular weight is 274 g/mol. The van der Waals surface area contributed by atoms with Crippen LogP contribution in [-0.4, -0.2) is 19.9 Å². The standard InChI is InChI=1S/C9H10N2O2S3/c12-16(13,9-2-1-5-14-9)11-4-3-8-6-10-7-15-8/h1-2,5-7,11H,3-4H2. The predicted octanol–water partition coefficient (Wildman–Crippen LogP) is 1.73. The molecule has 0 atom stereocenters. The van der Waals surface area contributed by atoms with Gasteiger partial charge in [-0.1, -0.05) is 6.07 Å². The van der Waals surface area contributed by atoms with Gasteiger partial charge in [0.2, 0.25) is 10.0 Å². The van der Waals surface area contributed by atoms with E-state index in [1.165, 1.54) is 22.7 Å². The van der Waals surface area contributed by atoms with Gasteiger partial charge in [-0.05, 0) is 17.9 Å². The van der Waals surface area contributed by atoms with Gasteiger partial charge in [-0.3, -0.25) is 4.98 Å². The van der Waals surface area contributed by atoms with E-state index in [0.717, 1.165) is 4.88 Å². The van der Waals surface area contributed by atoms with Crippen LogP contribution < -0.4 is 4.72 Å². The number of nitrogens with zero attached hydrogens (tertiary/aromatic N) is 1. The summed E-state index contributed by atoms with van der Waals surface area (Å²) in [4.78, 5) is 5.01. The van der Waals surface area contributed by atoms with Crippen molar-refractivity contribution in [3.8, 4) is 0 Å². The molecule has 0 aliphatic carbocycles. The van der Waals surface area contributed by atoms with E-state index in [-0.39, 0.29) is 0 Å². The summed E-state index contributed by atoms with van der Waals surface area (Å²) in [5, 5.41) is 1.75. The first kappa shape index (κ1) is 11.7. The molecule has 0 radical (unpaired) electrons. The molecular formula is C9H10N2O2S3. The van der Waals surface area contributed by atoms with Crippen molar-refractivity contribution in [1.29, 1.82) is 0 Å². The molecule has 4 nitrogen and oxygen atoms in total. The topological polar surface area (TPSA) is 59.1 Å². The zero-order valence-corrected chi connectivity index (χ0v) is 10.7. The van der Waals surface area contributed by atoms with E-state index in [4.69, 9.17) is 0 Å². The van der Waals surface area contributed by atoms with E-state index in [9.17, 15) is 8.42 Å². The molecule has 0 aliphatic rings. The summed E-state index contributed by atoms with van der Waals surface area (Å²) in [6, 6.07) is 3.32. The lowest BCUT2D eigenvalue weighted by Gasteiger charge is -2.02. The highest BCUT2D eigenvalue weighted by Gasteiger charge is 2.13. The highest BCUT2D eigenvalue weighted by Crippen LogP contribution is 2.15. The number of rotatable bonds is 5. The third-order valence-corrected chi connectivity index (χ3v) is 5.60. The third-order valence-electron chi connectivity index (χ3n) is 1.91. The zero-order valence-electron chi connectivity index (χ0n) is 8.29. The molecule has 2 heterocycles. The van der Waals surface area contributed by atoms with Crippen LogP contribution in [0.5, 0.6) is 0 Å². The summed E-state index contributed by atoms with van der Waals surface area (Å²) >= 11 is 2.75. The second kappa shape index (κ2) is 5.05. The number of aromatic nitrogens is 1. The molecule has 2 aromatic rings. The van der Waals surface area contributed by atoms with Gasteiger partial charge < -0.3 is 0 Å². The molecule has 16 heavy (non-hydrogen) atoms. The maximum absolute atomic E-state index is 11.7. The first-order valence-corrected chi connectivity index (χ1v) is 7.83. The van der Waals surface area contributed by atoms with Gasteiger partial charge in [-0.25, -0.2) is 13.1 Å². The van der Waals surface area contributed by atoms with Crippen LogP contribution in [0.3, 0.4) is 0 Å². The van der Waals surface area contributed by atoms with Gasteiger partial charge in [-0.2, -0.15) is 0 Å². The summed E-state index contributed by atoms with van der Waals surface area (Å²) in [6.07, 6.45) is 2.43. The van der Waals surface area contributed by atoms with Crippen LogP contribution in [0.15, 0.2) is 33.4 Å². The van der Waals surface area contributed by atoms with Crippen molar-refractivity contribution in [3.63, 3.8) is 0 Å². The predicted molar refractivity (Wildman–Crippen MR) is 65.3 cm³/mol. The Morgan fingerprint density at radius 1 is 1.38 bits per heavy atom. The molecule has 0 amide bonds. The smallest absolute Gasteiger partial charge is 0.250 e. The Kier molecular flexibility index (Phi) is 3.70. The van der Waals surface area contributed by atoms with Crippen molar-refractivity contribution in [2.45, 2.75) is 10.6 Å². The van der Waals surface area contributed by atoms with Gasteiger partial charge in [0.15, 0.2) is 0 Å². The van der Waals surface area contributed by atoms with Crippen LogP contribution in [0.4, 0.5) is 0 Å². The number of nitrogens with one attached hydrogen (secondary N) is 1. The Balaban J connectivity index is 1.91. The molecule has 1 N–H and O–H groups in total. The molecule has 0 spiro atoms. The SMILES string of the molecule is O=S(=O)(NCCc1cncs1)c1cccs1. The van der Waals surface area contributed by atoms with Gasteiger partial charge in [0.1, 0.15) is 4.21 Å². The number of sulfonamides is 1. The largest absolute Gasteiger partial charge is 0.253 e. The van der Waals surface area contributed by atoms with Gasteiger partial charge in [0.05, 0.1) is 5.51 Å². The summed E-state index contributed by atoms with van der Waals surface area (Å²) in [5.74, 6) is 0. The monoisotopic (exact) mass is 274 g/mol. The van der Waals surface area contributed by atoms with E-state index in [2.05, 4.69) is 9.71 Å². The number of hydrogen-bond donors (Lipinski definition) is 1. The Morgan fingerprint density at radius 2 is 2.25 bits per heavy atom. The molecule has 0 aliphatic heterocycles. The second-order valence-electron chi connectivity index (χ2n) is 3.05. The third kappa shape index (κ3) is 2.88. The van der Waals surface area contributed by atoms with Crippen LogP contribution in [0.25, 0.3) is 0 Å². The molecule has 2 aromatic heterocycles. The van der Waals surface area contributed by atoms with Gasteiger partial charge >= 0.3 is 0 Å². The fourth-order valence-electron chi connectivity index (χ4n) is 1.16. The van der Waals surface area contributed by atoms with Crippen molar-refractivity contribution in [1.82, 2.24) is 9.71 Å². The van der Waals surface area contributed by atoms with Crippen molar-refractivity contribution >= 4 is 32.7 Å². The fourth-order valence-corrected chi connectivity index (χ4v) is 3.83. The highest BCUT2D eigenvalue weighted by atomic mass is 32.2. The van der Waals surface area contributed by atoms with Crippen molar-refractivity contribution in [3.05, 3.63) is 34.1 Å². The second-order valence-corrected chi connectivity index (χ2v) is 6.96. The Morgan fingerprint density at radius 3 is 2.88 bits per heavy atom. The Hall–Kier alpha value is -0.760. The van der Waals surface area contributed by atoms with Gasteiger partial charge in [0, 0.05) is 17.6 Å². The number of thiazole rings is 1. The maximum Gasteiger partial charge on any atom is 0.250 e. The minimum atomic E-state index is -3.32. The lowest BCUT2D eigenvalue weighted by atomic mass is 10.4. The average Bonchev–Trinajstić information content (AvgIpc) is 2.90. The van der Waals surface area contributed by atoms with Crippen LogP contribution in [0, 0.1) is 0 Å². The summed E-state index contributed by atoms with van der Waals surface area (Å²) in [6.45, 7) is 0.405. The fraction of sp³-hybridized carbons (Fsp3) is 0.222. The molecule has 0 aromatic carbocycles. The van der Waals surface area contributed by atoms with E-state index in [1.807, 2.05) is 0 Å². The quantitative estimate of drug-likeness (QED) is 0.903. The molecule has 86 valence electrons. The Bertz CT molecular complexity index is 517. The van der Waals surface area contributed by atoms with Crippen molar-refractivity contribution in [2.75, 3.05) is 6.54 Å². The van der Waals surface area contributed by atoms with Crippen LogP contribution in [0.2, 0.25) is 0 Å². The van der Waals surface area contributed by atoms with E-state index in [0.29, 0.717) is 17.2 Å². The molecule has 2 rings (SSSR count). The molecule has 7 heteroatoms.